The Balaban J connectivity index is 2.17. The van der Waals surface area contributed by atoms with Crippen LogP contribution < -0.4 is 10.1 Å². The summed E-state index contributed by atoms with van der Waals surface area (Å²) in [5, 5.41) is 3.30. The van der Waals surface area contributed by atoms with Crippen LogP contribution in [0.25, 0.3) is 0 Å². The van der Waals surface area contributed by atoms with Crippen LogP contribution >= 0.6 is 0 Å². The average Bonchev–Trinajstić information content (AvgIpc) is 2.80. The smallest absolute Gasteiger partial charge is 0.168 e. The Kier molecular flexibility index (Phi) is 5.22. The van der Waals surface area contributed by atoms with Crippen molar-refractivity contribution in [2.24, 2.45) is 5.92 Å². The van der Waals surface area contributed by atoms with Crippen LogP contribution in [0.2, 0.25) is 0 Å². The molecule has 0 saturated carbocycles. The quantitative estimate of drug-likeness (QED) is 0.869. The summed E-state index contributed by atoms with van der Waals surface area (Å²) in [6, 6.07) is 5.03. The van der Waals surface area contributed by atoms with E-state index in [0.29, 0.717) is 18.4 Å². The molecule has 1 N–H and O–H groups in total. The number of halogens is 1. The van der Waals surface area contributed by atoms with Gasteiger partial charge in [0.1, 0.15) is 0 Å². The van der Waals surface area contributed by atoms with E-state index < -0.39 is 9.84 Å². The average molecular weight is 315 g/mol. The summed E-state index contributed by atoms with van der Waals surface area (Å²) in [5.74, 6) is 0.335. The highest BCUT2D eigenvalue weighted by Crippen LogP contribution is 2.27. The predicted molar refractivity (Wildman–Crippen MR) is 80.9 cm³/mol. The third-order valence-electron chi connectivity index (χ3n) is 4.01. The van der Waals surface area contributed by atoms with Gasteiger partial charge in [0.2, 0.25) is 0 Å². The van der Waals surface area contributed by atoms with Gasteiger partial charge in [-0.3, -0.25) is 0 Å². The highest BCUT2D eigenvalue weighted by atomic mass is 32.2. The molecule has 0 aliphatic carbocycles. The third-order valence-corrected chi connectivity index (χ3v) is 5.80. The van der Waals surface area contributed by atoms with Crippen LogP contribution in [-0.2, 0) is 16.3 Å². The Bertz CT molecular complexity index is 589. The molecule has 0 bridgehead atoms. The van der Waals surface area contributed by atoms with Crippen molar-refractivity contribution in [2.45, 2.75) is 25.8 Å². The van der Waals surface area contributed by atoms with Crippen LogP contribution in [0.4, 0.5) is 4.39 Å². The van der Waals surface area contributed by atoms with Gasteiger partial charge in [-0.25, -0.2) is 12.8 Å². The maximum atomic E-state index is 14.2. The first-order valence-electron chi connectivity index (χ1n) is 7.22. The maximum absolute atomic E-state index is 14.2. The van der Waals surface area contributed by atoms with Gasteiger partial charge in [-0.15, -0.1) is 0 Å². The Morgan fingerprint density at radius 1 is 1.48 bits per heavy atom. The molecule has 0 amide bonds. The van der Waals surface area contributed by atoms with E-state index in [1.807, 2.05) is 6.92 Å². The minimum atomic E-state index is -2.93. The van der Waals surface area contributed by atoms with Crippen LogP contribution in [0.3, 0.4) is 0 Å². The molecule has 1 fully saturated rings. The Hall–Kier alpha value is -1.14. The van der Waals surface area contributed by atoms with Crippen molar-refractivity contribution in [1.82, 2.24) is 5.32 Å². The minimum Gasteiger partial charge on any atom is -0.494 e. The molecular formula is C15H22FNO3S. The van der Waals surface area contributed by atoms with Crippen molar-refractivity contribution in [3.63, 3.8) is 0 Å². The third kappa shape index (κ3) is 3.95. The molecule has 1 aromatic carbocycles. The zero-order chi connectivity index (χ0) is 15.5. The largest absolute Gasteiger partial charge is 0.494 e. The second-order valence-electron chi connectivity index (χ2n) is 5.46. The molecule has 2 rings (SSSR count). The molecule has 118 valence electrons. The van der Waals surface area contributed by atoms with Gasteiger partial charge in [0.05, 0.1) is 18.6 Å². The first-order valence-corrected chi connectivity index (χ1v) is 9.04. The van der Waals surface area contributed by atoms with E-state index in [0.717, 1.165) is 6.54 Å². The lowest BCUT2D eigenvalue weighted by Crippen LogP contribution is -2.38. The summed E-state index contributed by atoms with van der Waals surface area (Å²) in [6.07, 6.45) is 1.11. The van der Waals surface area contributed by atoms with Crippen LogP contribution in [0.5, 0.6) is 5.75 Å². The monoisotopic (exact) mass is 315 g/mol. The fourth-order valence-electron chi connectivity index (χ4n) is 2.92. The molecule has 2 atom stereocenters. The van der Waals surface area contributed by atoms with E-state index in [2.05, 4.69) is 5.32 Å². The normalized spacial score (nSPS) is 22.1. The standard InChI is InChI=1S/C15H22FNO3S/c1-3-17-13(12-7-8-21(18,19)10-12)9-11-5-4-6-14(20-2)15(11)16/h4-6,12-13,17H,3,7-10H2,1-2H3. The molecule has 1 heterocycles. The Morgan fingerprint density at radius 3 is 2.81 bits per heavy atom. The predicted octanol–water partition coefficient (Wildman–Crippen LogP) is 1.79. The second kappa shape index (κ2) is 6.75. The summed E-state index contributed by atoms with van der Waals surface area (Å²) >= 11 is 0. The zero-order valence-electron chi connectivity index (χ0n) is 12.4. The number of nitrogens with one attached hydrogen (secondary N) is 1. The van der Waals surface area contributed by atoms with E-state index in [1.54, 1.807) is 18.2 Å². The highest BCUT2D eigenvalue weighted by molar-refractivity contribution is 7.91. The van der Waals surface area contributed by atoms with Gasteiger partial charge < -0.3 is 10.1 Å². The van der Waals surface area contributed by atoms with Crippen molar-refractivity contribution in [1.29, 1.82) is 0 Å². The second-order valence-corrected chi connectivity index (χ2v) is 7.69. The fourth-order valence-corrected chi connectivity index (χ4v) is 4.80. The molecule has 1 aliphatic rings. The number of likely N-dealkylation sites (N-methyl/N-ethyl adjacent to an activating group) is 1. The molecular weight excluding hydrogens is 293 g/mol. The summed E-state index contributed by atoms with van der Waals surface area (Å²) < 4.78 is 42.5. The van der Waals surface area contributed by atoms with Gasteiger partial charge in [0.25, 0.3) is 0 Å². The molecule has 4 nitrogen and oxygen atoms in total. The number of hydrogen-bond acceptors (Lipinski definition) is 4. The van der Waals surface area contributed by atoms with Gasteiger partial charge in [0.15, 0.2) is 21.4 Å². The molecule has 0 radical (unpaired) electrons. The molecule has 1 aliphatic heterocycles. The van der Waals surface area contributed by atoms with Crippen molar-refractivity contribution >= 4 is 9.84 Å². The summed E-state index contributed by atoms with van der Waals surface area (Å²) in [7, 11) is -1.49. The molecule has 2 unspecified atom stereocenters. The molecule has 21 heavy (non-hydrogen) atoms. The molecule has 0 aromatic heterocycles. The Morgan fingerprint density at radius 2 is 2.24 bits per heavy atom. The molecule has 0 spiro atoms. The SMILES string of the molecule is CCNC(Cc1cccc(OC)c1F)C1CCS(=O)(=O)C1. The van der Waals surface area contributed by atoms with E-state index in [-0.39, 0.29) is 35.0 Å². The van der Waals surface area contributed by atoms with Crippen LogP contribution in [0.15, 0.2) is 18.2 Å². The van der Waals surface area contributed by atoms with Gasteiger partial charge in [-0.2, -0.15) is 0 Å². The van der Waals surface area contributed by atoms with Gasteiger partial charge in [-0.1, -0.05) is 19.1 Å². The topological polar surface area (TPSA) is 55.4 Å². The highest BCUT2D eigenvalue weighted by Gasteiger charge is 2.33. The number of hydrogen-bond donors (Lipinski definition) is 1. The Labute approximate surface area is 125 Å². The zero-order valence-corrected chi connectivity index (χ0v) is 13.2. The summed E-state index contributed by atoms with van der Waals surface area (Å²) in [6.45, 7) is 2.70. The summed E-state index contributed by atoms with van der Waals surface area (Å²) in [4.78, 5) is 0. The lowest BCUT2D eigenvalue weighted by Gasteiger charge is -2.24. The number of ether oxygens (including phenoxy) is 1. The lowest BCUT2D eigenvalue weighted by molar-refractivity contribution is 0.367. The first kappa shape index (κ1) is 16.2. The van der Waals surface area contributed by atoms with Gasteiger partial charge in [-0.05, 0) is 36.9 Å². The van der Waals surface area contributed by atoms with Crippen molar-refractivity contribution in [3.8, 4) is 5.75 Å². The summed E-state index contributed by atoms with van der Waals surface area (Å²) in [5.41, 5.74) is 0.560. The van der Waals surface area contributed by atoms with E-state index in [1.165, 1.54) is 7.11 Å². The van der Waals surface area contributed by atoms with E-state index >= 15 is 0 Å². The van der Waals surface area contributed by atoms with Gasteiger partial charge in [0, 0.05) is 6.04 Å². The maximum Gasteiger partial charge on any atom is 0.168 e. The number of rotatable bonds is 6. The molecule has 1 saturated heterocycles. The van der Waals surface area contributed by atoms with Crippen molar-refractivity contribution < 1.29 is 17.5 Å². The molecule has 6 heteroatoms. The van der Waals surface area contributed by atoms with Gasteiger partial charge >= 0.3 is 0 Å². The van der Waals surface area contributed by atoms with Crippen LogP contribution in [0.1, 0.15) is 18.9 Å². The van der Waals surface area contributed by atoms with Crippen LogP contribution in [0, 0.1) is 11.7 Å². The number of sulfone groups is 1. The number of methoxy groups -OCH3 is 1. The van der Waals surface area contributed by atoms with Crippen molar-refractivity contribution in [3.05, 3.63) is 29.6 Å². The first-order chi connectivity index (χ1) is 9.96. The molecule has 1 aromatic rings. The fraction of sp³-hybridized carbons (Fsp3) is 0.600. The van der Waals surface area contributed by atoms with Crippen LogP contribution in [-0.4, -0.2) is 39.6 Å². The van der Waals surface area contributed by atoms with E-state index in [4.69, 9.17) is 4.74 Å². The number of benzene rings is 1. The lowest BCUT2D eigenvalue weighted by atomic mass is 9.92. The van der Waals surface area contributed by atoms with E-state index in [9.17, 15) is 12.8 Å². The van der Waals surface area contributed by atoms with Crippen molar-refractivity contribution in [2.75, 3.05) is 25.2 Å². The minimum absolute atomic E-state index is 0.0334.